The first-order chi connectivity index (χ1) is 18.0. The predicted molar refractivity (Wildman–Crippen MR) is 147 cm³/mol. The summed E-state index contributed by atoms with van der Waals surface area (Å²) in [6.07, 6.45) is 5.91. The number of pyridine rings is 1. The van der Waals surface area contributed by atoms with Gasteiger partial charge in [0.05, 0.1) is 6.20 Å². The molecule has 2 aliphatic rings. The maximum Gasteiger partial charge on any atom is 0.255 e. The molecule has 4 aromatic rings. The minimum Gasteiger partial charge on any atom is -0.322 e. The second-order valence-corrected chi connectivity index (χ2v) is 10.1. The number of hydrogen-bond donors (Lipinski definition) is 1. The van der Waals surface area contributed by atoms with Crippen LogP contribution in [0.15, 0.2) is 67.0 Å². The van der Waals surface area contributed by atoms with Gasteiger partial charge in [0.25, 0.3) is 5.91 Å². The molecule has 0 spiro atoms. The van der Waals surface area contributed by atoms with Crippen LogP contribution in [0.3, 0.4) is 0 Å². The fourth-order valence-corrected chi connectivity index (χ4v) is 5.44. The van der Waals surface area contributed by atoms with Gasteiger partial charge < -0.3 is 10.2 Å². The number of imidazole rings is 1. The van der Waals surface area contributed by atoms with Gasteiger partial charge in [-0.25, -0.2) is 4.98 Å². The molecule has 1 atom stereocenters. The van der Waals surface area contributed by atoms with E-state index >= 15 is 0 Å². The van der Waals surface area contributed by atoms with Gasteiger partial charge in [0.15, 0.2) is 0 Å². The standard InChI is InChI=1S/C31H31N5O/c1-22-6-10-26(20-23(22)7-11-27-21-32-30-5-3-4-14-36(27)30)33-31(37)25-8-12-28-24(19-25)9-13-29(28)35-17-15-34(2)16-18-35/h3-6,8,10,12,14,19-21,29H,9,13,15-18H2,1-2H3,(H,33,37)/t29-/m0/s1. The summed E-state index contributed by atoms with van der Waals surface area (Å²) >= 11 is 0. The smallest absolute Gasteiger partial charge is 0.255 e. The Labute approximate surface area is 217 Å². The Morgan fingerprint density at radius 2 is 1.89 bits per heavy atom. The molecule has 6 nitrogen and oxygen atoms in total. The van der Waals surface area contributed by atoms with E-state index in [1.165, 1.54) is 11.1 Å². The molecule has 1 saturated heterocycles. The first-order valence-corrected chi connectivity index (χ1v) is 13.0. The normalized spacial score (nSPS) is 17.8. The van der Waals surface area contributed by atoms with Gasteiger partial charge in [-0.15, -0.1) is 0 Å². The zero-order chi connectivity index (χ0) is 25.4. The van der Waals surface area contributed by atoms with Gasteiger partial charge in [-0.3, -0.25) is 14.1 Å². The number of aromatic nitrogens is 2. The fourth-order valence-electron chi connectivity index (χ4n) is 5.44. The fraction of sp³-hybridized carbons (Fsp3) is 0.290. The predicted octanol–water partition coefficient (Wildman–Crippen LogP) is 4.53. The number of piperazine rings is 1. The van der Waals surface area contributed by atoms with Crippen LogP contribution < -0.4 is 5.32 Å². The number of nitrogens with one attached hydrogen (secondary N) is 1. The van der Waals surface area contributed by atoms with Crippen molar-refractivity contribution in [2.75, 3.05) is 38.5 Å². The molecule has 186 valence electrons. The van der Waals surface area contributed by atoms with Crippen LogP contribution >= 0.6 is 0 Å². The molecule has 1 fully saturated rings. The van der Waals surface area contributed by atoms with E-state index in [9.17, 15) is 4.79 Å². The van der Waals surface area contributed by atoms with Crippen LogP contribution in [0.4, 0.5) is 5.69 Å². The van der Waals surface area contributed by atoms with Crippen LogP contribution in [-0.2, 0) is 6.42 Å². The highest BCUT2D eigenvalue weighted by atomic mass is 16.1. The van der Waals surface area contributed by atoms with Crippen LogP contribution in [0.5, 0.6) is 0 Å². The molecule has 37 heavy (non-hydrogen) atoms. The molecule has 3 heterocycles. The second-order valence-electron chi connectivity index (χ2n) is 10.1. The zero-order valence-electron chi connectivity index (χ0n) is 21.4. The molecular weight excluding hydrogens is 458 g/mol. The quantitative estimate of drug-likeness (QED) is 0.430. The number of amides is 1. The molecule has 0 radical (unpaired) electrons. The van der Waals surface area contributed by atoms with E-state index in [4.69, 9.17) is 0 Å². The van der Waals surface area contributed by atoms with Crippen molar-refractivity contribution in [3.63, 3.8) is 0 Å². The first kappa shape index (κ1) is 23.5. The Bertz CT molecular complexity index is 1530. The van der Waals surface area contributed by atoms with Crippen LogP contribution in [0.25, 0.3) is 5.65 Å². The van der Waals surface area contributed by atoms with E-state index in [2.05, 4.69) is 51.1 Å². The highest BCUT2D eigenvalue weighted by molar-refractivity contribution is 6.04. The Kier molecular flexibility index (Phi) is 6.25. The number of carbonyl (C=O) groups excluding carboxylic acids is 1. The van der Waals surface area contributed by atoms with Crippen molar-refractivity contribution in [3.8, 4) is 11.8 Å². The van der Waals surface area contributed by atoms with Crippen molar-refractivity contribution in [2.24, 2.45) is 0 Å². The van der Waals surface area contributed by atoms with Crippen LogP contribution in [0.1, 0.15) is 50.8 Å². The molecule has 6 heteroatoms. The van der Waals surface area contributed by atoms with Crippen molar-refractivity contribution in [2.45, 2.75) is 25.8 Å². The van der Waals surface area contributed by atoms with Crippen LogP contribution in [-0.4, -0.2) is 58.3 Å². The molecule has 1 aliphatic heterocycles. The number of anilines is 1. The monoisotopic (exact) mass is 489 g/mol. The highest BCUT2D eigenvalue weighted by Gasteiger charge is 2.30. The molecule has 0 saturated carbocycles. The van der Waals surface area contributed by atoms with Gasteiger partial charge in [-0.1, -0.05) is 24.1 Å². The lowest BCUT2D eigenvalue weighted by Crippen LogP contribution is -2.45. The molecule has 6 rings (SSSR count). The van der Waals surface area contributed by atoms with E-state index in [1.807, 2.05) is 60.0 Å². The third-order valence-electron chi connectivity index (χ3n) is 7.67. The van der Waals surface area contributed by atoms with Crippen molar-refractivity contribution in [3.05, 3.63) is 101 Å². The van der Waals surface area contributed by atoms with Crippen molar-refractivity contribution >= 4 is 17.2 Å². The number of rotatable bonds is 3. The Morgan fingerprint density at radius 1 is 1.03 bits per heavy atom. The SMILES string of the molecule is Cc1ccc(NC(=O)c2ccc3c(c2)CC[C@@H]3N2CCN(C)CC2)cc1C#Cc1cnc2ccccn12. The first-order valence-electron chi connectivity index (χ1n) is 13.0. The number of aryl methyl sites for hydroxylation is 2. The third kappa shape index (κ3) is 4.76. The molecule has 1 aliphatic carbocycles. The van der Waals surface area contributed by atoms with E-state index < -0.39 is 0 Å². The number of benzene rings is 2. The van der Waals surface area contributed by atoms with Gasteiger partial charge in [-0.2, -0.15) is 0 Å². The van der Waals surface area contributed by atoms with E-state index in [0.29, 0.717) is 11.6 Å². The van der Waals surface area contributed by atoms with E-state index in [-0.39, 0.29) is 5.91 Å². The topological polar surface area (TPSA) is 52.9 Å². The van der Waals surface area contributed by atoms with Crippen LogP contribution in [0, 0.1) is 18.8 Å². The average Bonchev–Trinajstić information content (AvgIpc) is 3.53. The van der Waals surface area contributed by atoms with Gasteiger partial charge in [0, 0.05) is 55.2 Å². The summed E-state index contributed by atoms with van der Waals surface area (Å²) in [7, 11) is 2.19. The van der Waals surface area contributed by atoms with E-state index in [1.54, 1.807) is 6.20 Å². The van der Waals surface area contributed by atoms with Gasteiger partial charge in [0.2, 0.25) is 0 Å². The molecular formula is C31H31N5O. The van der Waals surface area contributed by atoms with Crippen molar-refractivity contribution < 1.29 is 4.79 Å². The maximum absolute atomic E-state index is 13.1. The third-order valence-corrected chi connectivity index (χ3v) is 7.67. The Morgan fingerprint density at radius 3 is 2.76 bits per heavy atom. The summed E-state index contributed by atoms with van der Waals surface area (Å²) in [6, 6.07) is 18.5. The van der Waals surface area contributed by atoms with Gasteiger partial charge in [0.1, 0.15) is 11.3 Å². The molecule has 1 N–H and O–H groups in total. The maximum atomic E-state index is 13.1. The minimum absolute atomic E-state index is 0.0876. The number of likely N-dealkylation sites (N-methyl/N-ethyl adjacent to an activating group) is 1. The average molecular weight is 490 g/mol. The molecule has 1 amide bonds. The number of fused-ring (bicyclic) bond motifs is 2. The lowest BCUT2D eigenvalue weighted by molar-refractivity contribution is 0.102. The minimum atomic E-state index is -0.0876. The number of nitrogens with zero attached hydrogens (tertiary/aromatic N) is 4. The lowest BCUT2D eigenvalue weighted by atomic mass is 10.0. The van der Waals surface area contributed by atoms with Gasteiger partial charge >= 0.3 is 0 Å². The summed E-state index contributed by atoms with van der Waals surface area (Å²) < 4.78 is 1.97. The largest absolute Gasteiger partial charge is 0.322 e. The highest BCUT2D eigenvalue weighted by Crippen LogP contribution is 2.36. The molecule has 0 unspecified atom stereocenters. The zero-order valence-corrected chi connectivity index (χ0v) is 21.4. The summed E-state index contributed by atoms with van der Waals surface area (Å²) in [4.78, 5) is 22.5. The van der Waals surface area contributed by atoms with Gasteiger partial charge in [-0.05, 0) is 85.8 Å². The Hall–Kier alpha value is -3.92. The number of hydrogen-bond acceptors (Lipinski definition) is 4. The summed E-state index contributed by atoms with van der Waals surface area (Å²) in [5.74, 6) is 6.41. The molecule has 2 aromatic heterocycles. The van der Waals surface area contributed by atoms with Crippen molar-refractivity contribution in [1.82, 2.24) is 19.2 Å². The van der Waals surface area contributed by atoms with E-state index in [0.717, 1.165) is 67.2 Å². The van der Waals surface area contributed by atoms with Crippen molar-refractivity contribution in [1.29, 1.82) is 0 Å². The summed E-state index contributed by atoms with van der Waals surface area (Å²) in [5, 5.41) is 3.08. The summed E-state index contributed by atoms with van der Waals surface area (Å²) in [6.45, 7) is 6.49. The Balaban J connectivity index is 1.18. The number of carbonyl (C=O) groups is 1. The second kappa shape index (κ2) is 9.85. The van der Waals surface area contributed by atoms with Crippen LogP contribution in [0.2, 0.25) is 0 Å². The molecule has 2 aromatic carbocycles. The lowest BCUT2D eigenvalue weighted by Gasteiger charge is -2.36. The summed E-state index contributed by atoms with van der Waals surface area (Å²) in [5.41, 5.74) is 7.79. The molecule has 0 bridgehead atoms.